The Kier molecular flexibility index (Phi) is 6.57. The minimum absolute atomic E-state index is 0.126. The van der Waals surface area contributed by atoms with Gasteiger partial charge in [0.15, 0.2) is 0 Å². The van der Waals surface area contributed by atoms with Crippen molar-refractivity contribution >= 4 is 11.8 Å². The zero-order valence-corrected chi connectivity index (χ0v) is 16.3. The first-order valence-corrected chi connectivity index (χ1v) is 9.27. The van der Waals surface area contributed by atoms with Crippen LogP contribution in [-0.2, 0) is 0 Å². The van der Waals surface area contributed by atoms with Gasteiger partial charge in [0.05, 0.1) is 6.61 Å². The molecule has 0 spiro atoms. The molecule has 3 rings (SSSR count). The molecule has 8 nitrogen and oxygen atoms in total. The highest BCUT2D eigenvalue weighted by atomic mass is 16.5. The van der Waals surface area contributed by atoms with Gasteiger partial charge in [-0.1, -0.05) is 35.0 Å². The monoisotopic (exact) mass is 394 g/mol. The largest absolute Gasteiger partial charge is 0.494 e. The quantitative estimate of drug-likeness (QED) is 0.569. The Morgan fingerprint density at radius 2 is 1.62 bits per heavy atom. The van der Waals surface area contributed by atoms with E-state index in [0.29, 0.717) is 23.7 Å². The fourth-order valence-electron chi connectivity index (χ4n) is 2.53. The Balaban J connectivity index is 1.45. The van der Waals surface area contributed by atoms with E-state index < -0.39 is 5.91 Å². The molecule has 0 radical (unpaired) electrons. The summed E-state index contributed by atoms with van der Waals surface area (Å²) >= 11 is 0. The Labute approximate surface area is 168 Å². The lowest BCUT2D eigenvalue weighted by Crippen LogP contribution is -2.34. The van der Waals surface area contributed by atoms with E-state index in [1.807, 2.05) is 38.1 Å². The number of benzene rings is 2. The smallest absolute Gasteiger partial charge is 0.316 e. The second kappa shape index (κ2) is 9.50. The van der Waals surface area contributed by atoms with Gasteiger partial charge in [-0.2, -0.15) is 4.98 Å². The number of amides is 2. The lowest BCUT2D eigenvalue weighted by molar-refractivity contribution is 0.0898. The molecule has 2 amide bonds. The number of aryl methyl sites for hydroxylation is 1. The molecule has 0 saturated heterocycles. The number of carbonyl (C=O) groups excluding carboxylic acids is 2. The Morgan fingerprint density at radius 1 is 0.966 bits per heavy atom. The van der Waals surface area contributed by atoms with E-state index in [2.05, 4.69) is 20.8 Å². The molecule has 0 aliphatic rings. The van der Waals surface area contributed by atoms with Crippen LogP contribution in [0.3, 0.4) is 0 Å². The predicted molar refractivity (Wildman–Crippen MR) is 107 cm³/mol. The van der Waals surface area contributed by atoms with E-state index in [4.69, 9.17) is 9.26 Å². The van der Waals surface area contributed by atoms with Crippen molar-refractivity contribution in [2.75, 3.05) is 19.7 Å². The molecular formula is C21H22N4O4. The van der Waals surface area contributed by atoms with Crippen LogP contribution in [0.15, 0.2) is 53.1 Å². The minimum Gasteiger partial charge on any atom is -0.494 e. The topological polar surface area (TPSA) is 106 Å². The third-order valence-corrected chi connectivity index (χ3v) is 4.05. The molecule has 0 saturated carbocycles. The highest BCUT2D eigenvalue weighted by Gasteiger charge is 2.15. The molecule has 0 unspecified atom stereocenters. The van der Waals surface area contributed by atoms with E-state index in [-0.39, 0.29) is 24.9 Å². The highest BCUT2D eigenvalue weighted by molar-refractivity contribution is 5.94. The average molecular weight is 394 g/mol. The first kappa shape index (κ1) is 20.1. The molecule has 0 fully saturated rings. The Bertz CT molecular complexity index is 965. The molecule has 2 aromatic carbocycles. The molecule has 1 heterocycles. The standard InChI is InChI=1S/C21H22N4O4/c1-3-28-17-10-8-16(9-11-17)19(26)22-12-13-23-20(27)21-24-18(25-29-21)15-6-4-14(2)5-7-15/h4-11H,3,12-13H2,1-2H3,(H,22,26)(H,23,27). The van der Waals surface area contributed by atoms with Crippen molar-refractivity contribution < 1.29 is 18.8 Å². The minimum atomic E-state index is -0.494. The van der Waals surface area contributed by atoms with Crippen molar-refractivity contribution in [2.45, 2.75) is 13.8 Å². The van der Waals surface area contributed by atoms with Crippen molar-refractivity contribution in [3.8, 4) is 17.1 Å². The zero-order valence-electron chi connectivity index (χ0n) is 16.3. The maximum atomic E-state index is 12.1. The molecule has 3 aromatic rings. The molecule has 0 bridgehead atoms. The van der Waals surface area contributed by atoms with Crippen LogP contribution in [-0.4, -0.2) is 41.7 Å². The van der Waals surface area contributed by atoms with Crippen molar-refractivity contribution in [2.24, 2.45) is 0 Å². The second-order valence-corrected chi connectivity index (χ2v) is 6.26. The van der Waals surface area contributed by atoms with Gasteiger partial charge in [-0.15, -0.1) is 0 Å². The van der Waals surface area contributed by atoms with Gasteiger partial charge in [-0.3, -0.25) is 9.59 Å². The van der Waals surface area contributed by atoms with Gasteiger partial charge < -0.3 is 19.9 Å². The summed E-state index contributed by atoms with van der Waals surface area (Å²) in [6, 6.07) is 14.4. The maximum absolute atomic E-state index is 12.1. The molecule has 29 heavy (non-hydrogen) atoms. The van der Waals surface area contributed by atoms with Crippen LogP contribution in [0.25, 0.3) is 11.4 Å². The van der Waals surface area contributed by atoms with Gasteiger partial charge in [-0.25, -0.2) is 0 Å². The number of aromatic nitrogens is 2. The molecule has 8 heteroatoms. The molecule has 1 aromatic heterocycles. The molecular weight excluding hydrogens is 372 g/mol. The van der Waals surface area contributed by atoms with Crippen molar-refractivity contribution in [1.29, 1.82) is 0 Å². The predicted octanol–water partition coefficient (Wildman–Crippen LogP) is 2.60. The van der Waals surface area contributed by atoms with E-state index in [0.717, 1.165) is 11.1 Å². The summed E-state index contributed by atoms with van der Waals surface area (Å²) in [5.74, 6) is 0.200. The summed E-state index contributed by atoms with van der Waals surface area (Å²) in [6.45, 7) is 4.93. The van der Waals surface area contributed by atoms with Crippen molar-refractivity contribution in [3.05, 3.63) is 65.5 Å². The number of hydrogen-bond acceptors (Lipinski definition) is 6. The number of carbonyl (C=O) groups is 2. The molecule has 0 aliphatic carbocycles. The van der Waals surface area contributed by atoms with Crippen LogP contribution in [0.2, 0.25) is 0 Å². The van der Waals surface area contributed by atoms with Gasteiger partial charge in [-0.05, 0) is 38.1 Å². The van der Waals surface area contributed by atoms with E-state index in [1.165, 1.54) is 0 Å². The maximum Gasteiger partial charge on any atom is 0.316 e. The van der Waals surface area contributed by atoms with Crippen LogP contribution in [0.5, 0.6) is 5.75 Å². The summed E-state index contributed by atoms with van der Waals surface area (Å²) in [5.41, 5.74) is 2.39. The molecule has 2 N–H and O–H groups in total. The van der Waals surface area contributed by atoms with Gasteiger partial charge >= 0.3 is 11.8 Å². The number of ether oxygens (including phenoxy) is 1. The van der Waals surface area contributed by atoms with Crippen LogP contribution in [0.1, 0.15) is 33.5 Å². The normalized spacial score (nSPS) is 10.4. The lowest BCUT2D eigenvalue weighted by Gasteiger charge is -2.07. The Hall–Kier alpha value is -3.68. The first-order chi connectivity index (χ1) is 14.1. The Morgan fingerprint density at radius 3 is 2.28 bits per heavy atom. The van der Waals surface area contributed by atoms with Gasteiger partial charge in [0.1, 0.15) is 5.75 Å². The number of rotatable bonds is 8. The number of hydrogen-bond donors (Lipinski definition) is 2. The van der Waals surface area contributed by atoms with Crippen LogP contribution in [0.4, 0.5) is 0 Å². The van der Waals surface area contributed by atoms with Gasteiger partial charge in [0, 0.05) is 24.2 Å². The van der Waals surface area contributed by atoms with E-state index in [9.17, 15) is 9.59 Å². The number of nitrogens with zero attached hydrogens (tertiary/aromatic N) is 2. The van der Waals surface area contributed by atoms with E-state index in [1.54, 1.807) is 24.3 Å². The number of nitrogens with one attached hydrogen (secondary N) is 2. The summed E-state index contributed by atoms with van der Waals surface area (Å²) in [7, 11) is 0. The summed E-state index contributed by atoms with van der Waals surface area (Å²) in [4.78, 5) is 28.3. The van der Waals surface area contributed by atoms with Gasteiger partial charge in [0.2, 0.25) is 5.82 Å². The third kappa shape index (κ3) is 5.41. The highest BCUT2D eigenvalue weighted by Crippen LogP contribution is 2.16. The molecule has 0 aliphatic heterocycles. The molecule has 0 atom stereocenters. The van der Waals surface area contributed by atoms with E-state index >= 15 is 0 Å². The summed E-state index contributed by atoms with van der Waals surface area (Å²) < 4.78 is 10.4. The lowest BCUT2D eigenvalue weighted by atomic mass is 10.1. The third-order valence-electron chi connectivity index (χ3n) is 4.05. The zero-order chi connectivity index (χ0) is 20.6. The second-order valence-electron chi connectivity index (χ2n) is 6.26. The van der Waals surface area contributed by atoms with Gasteiger partial charge in [0.25, 0.3) is 5.91 Å². The van der Waals surface area contributed by atoms with Crippen molar-refractivity contribution in [1.82, 2.24) is 20.8 Å². The fourth-order valence-corrected chi connectivity index (χ4v) is 2.53. The van der Waals surface area contributed by atoms with Crippen LogP contribution >= 0.6 is 0 Å². The fraction of sp³-hybridized carbons (Fsp3) is 0.238. The van der Waals surface area contributed by atoms with Crippen LogP contribution in [0, 0.1) is 6.92 Å². The first-order valence-electron chi connectivity index (χ1n) is 9.27. The molecule has 150 valence electrons. The SMILES string of the molecule is CCOc1ccc(C(=O)NCCNC(=O)c2nc(-c3ccc(C)cc3)no2)cc1. The summed E-state index contributed by atoms with van der Waals surface area (Å²) in [5, 5.41) is 9.19. The average Bonchev–Trinajstić information content (AvgIpc) is 3.22. The van der Waals surface area contributed by atoms with Crippen LogP contribution < -0.4 is 15.4 Å². The summed E-state index contributed by atoms with van der Waals surface area (Å²) in [6.07, 6.45) is 0. The van der Waals surface area contributed by atoms with Crippen molar-refractivity contribution in [3.63, 3.8) is 0 Å².